The molecule has 0 spiro atoms. The van der Waals surface area contributed by atoms with Gasteiger partial charge >= 0.3 is 0 Å². The minimum Gasteiger partial charge on any atom is -0.398 e. The second-order valence-corrected chi connectivity index (χ2v) is 12.4. The fraction of sp³-hybridized carbons (Fsp3) is 0.0213. The van der Waals surface area contributed by atoms with Gasteiger partial charge in [0.15, 0.2) is 0 Å². The molecule has 0 atom stereocenters. The van der Waals surface area contributed by atoms with Gasteiger partial charge in [-0.1, -0.05) is 152 Å². The molecule has 1 heterocycles. The summed E-state index contributed by atoms with van der Waals surface area (Å²) in [6.45, 7) is 0.493. The summed E-state index contributed by atoms with van der Waals surface area (Å²) >= 11 is 0. The van der Waals surface area contributed by atoms with E-state index < -0.39 is 0 Å². The van der Waals surface area contributed by atoms with Crippen molar-refractivity contribution in [2.75, 3.05) is 0 Å². The van der Waals surface area contributed by atoms with Crippen molar-refractivity contribution >= 4 is 33.0 Å². The molecular formula is C47H35N3. The number of fused-ring (bicyclic) bond motifs is 2. The molecule has 0 unspecified atom stereocenters. The Morgan fingerprint density at radius 1 is 0.500 bits per heavy atom. The molecule has 0 fully saturated rings. The van der Waals surface area contributed by atoms with E-state index in [0.717, 1.165) is 28.0 Å². The maximum atomic E-state index is 6.71. The van der Waals surface area contributed by atoms with Crippen LogP contribution in [0.4, 0.5) is 0 Å². The number of pyridine rings is 1. The Labute approximate surface area is 292 Å². The van der Waals surface area contributed by atoms with Crippen LogP contribution in [0.3, 0.4) is 0 Å². The van der Waals surface area contributed by atoms with E-state index >= 15 is 0 Å². The van der Waals surface area contributed by atoms with Crippen molar-refractivity contribution in [1.82, 2.24) is 4.98 Å². The predicted octanol–water partition coefficient (Wildman–Crippen LogP) is 11.4. The number of rotatable bonds is 8. The summed E-state index contributed by atoms with van der Waals surface area (Å²) < 4.78 is 0. The fourth-order valence-electron chi connectivity index (χ4n) is 6.81. The first-order valence-electron chi connectivity index (χ1n) is 16.9. The van der Waals surface area contributed by atoms with Crippen LogP contribution in [-0.2, 0) is 6.54 Å². The van der Waals surface area contributed by atoms with Crippen LogP contribution < -0.4 is 5.73 Å². The van der Waals surface area contributed by atoms with Crippen LogP contribution in [0.25, 0.3) is 60.6 Å². The van der Waals surface area contributed by atoms with Gasteiger partial charge in [-0.2, -0.15) is 0 Å². The van der Waals surface area contributed by atoms with E-state index in [1.807, 2.05) is 30.5 Å². The summed E-state index contributed by atoms with van der Waals surface area (Å²) in [5, 5.41) is 4.95. The molecular weight excluding hydrogens is 607 g/mol. The second kappa shape index (κ2) is 13.9. The molecule has 50 heavy (non-hydrogen) atoms. The van der Waals surface area contributed by atoms with E-state index in [-0.39, 0.29) is 0 Å². The largest absolute Gasteiger partial charge is 0.398 e. The summed E-state index contributed by atoms with van der Waals surface area (Å²) in [7, 11) is 0. The van der Waals surface area contributed by atoms with Crippen molar-refractivity contribution in [2.24, 2.45) is 10.7 Å². The Kier molecular flexibility index (Phi) is 8.53. The van der Waals surface area contributed by atoms with Crippen LogP contribution in [0.1, 0.15) is 16.7 Å². The number of hydrogen-bond acceptors (Lipinski definition) is 3. The van der Waals surface area contributed by atoms with Gasteiger partial charge in [-0.3, -0.25) is 9.98 Å². The van der Waals surface area contributed by atoms with Crippen LogP contribution in [-0.4, -0.2) is 10.7 Å². The molecule has 0 saturated carbocycles. The third kappa shape index (κ3) is 6.21. The summed E-state index contributed by atoms with van der Waals surface area (Å²) in [6, 6.07) is 59.6. The van der Waals surface area contributed by atoms with Gasteiger partial charge in [0, 0.05) is 23.7 Å². The van der Waals surface area contributed by atoms with Crippen molar-refractivity contribution in [1.29, 1.82) is 0 Å². The zero-order chi connectivity index (χ0) is 33.7. The quantitative estimate of drug-likeness (QED) is 0.133. The van der Waals surface area contributed by atoms with Gasteiger partial charge in [0.2, 0.25) is 0 Å². The molecule has 0 aliphatic carbocycles. The first-order valence-corrected chi connectivity index (χ1v) is 16.9. The van der Waals surface area contributed by atoms with Crippen LogP contribution in [0.15, 0.2) is 193 Å². The van der Waals surface area contributed by atoms with Gasteiger partial charge in [0.25, 0.3) is 0 Å². The van der Waals surface area contributed by atoms with E-state index in [1.165, 1.54) is 49.4 Å². The monoisotopic (exact) mass is 641 g/mol. The molecule has 8 aromatic rings. The average molecular weight is 642 g/mol. The zero-order valence-corrected chi connectivity index (χ0v) is 27.6. The molecule has 0 saturated heterocycles. The molecule has 0 aliphatic rings. The molecule has 0 aliphatic heterocycles. The van der Waals surface area contributed by atoms with Gasteiger partial charge in [0.05, 0.1) is 12.3 Å². The zero-order valence-electron chi connectivity index (χ0n) is 27.6. The van der Waals surface area contributed by atoms with Gasteiger partial charge in [0.1, 0.15) is 0 Å². The number of aliphatic imine (C=N–C) groups is 1. The lowest BCUT2D eigenvalue weighted by molar-refractivity contribution is 1.07. The number of nitrogens with zero attached hydrogens (tertiary/aromatic N) is 2. The van der Waals surface area contributed by atoms with Crippen molar-refractivity contribution in [3.63, 3.8) is 0 Å². The predicted molar refractivity (Wildman–Crippen MR) is 211 cm³/mol. The molecule has 3 heteroatoms. The molecule has 238 valence electrons. The van der Waals surface area contributed by atoms with Gasteiger partial charge in [-0.15, -0.1) is 0 Å². The van der Waals surface area contributed by atoms with Crippen LogP contribution in [0, 0.1) is 0 Å². The standard InChI is InChI=1S/C47H35N3/c48-44(36-26-24-35(25-27-36)34-14-3-1-4-15-34)30-45(39-19-12-28-49-32-39)50-31-33-13-11-18-38(29-33)47-42-22-9-7-20-40(42)46(37-16-5-2-6-17-37)41-21-8-10-23-43(41)47/h1-30,32H,31,48H2. The maximum Gasteiger partial charge on any atom is 0.0686 e. The number of allylic oxidation sites excluding steroid dienone is 1. The lowest BCUT2D eigenvalue weighted by atomic mass is 9.86. The average Bonchev–Trinajstić information content (AvgIpc) is 3.19. The van der Waals surface area contributed by atoms with Crippen LogP contribution in [0.5, 0.6) is 0 Å². The van der Waals surface area contributed by atoms with Gasteiger partial charge in [-0.05, 0) is 90.3 Å². The molecule has 7 aromatic carbocycles. The Morgan fingerprint density at radius 3 is 1.64 bits per heavy atom. The molecule has 3 nitrogen and oxygen atoms in total. The van der Waals surface area contributed by atoms with E-state index in [9.17, 15) is 0 Å². The lowest BCUT2D eigenvalue weighted by Crippen LogP contribution is -2.05. The summed E-state index contributed by atoms with van der Waals surface area (Å²) in [4.78, 5) is 9.50. The molecule has 0 bridgehead atoms. The van der Waals surface area contributed by atoms with Crippen LogP contribution >= 0.6 is 0 Å². The smallest absolute Gasteiger partial charge is 0.0686 e. The summed E-state index contributed by atoms with van der Waals surface area (Å²) in [5.74, 6) is 0. The number of benzene rings is 7. The highest BCUT2D eigenvalue weighted by atomic mass is 14.7. The fourth-order valence-corrected chi connectivity index (χ4v) is 6.81. The van der Waals surface area contributed by atoms with E-state index in [1.54, 1.807) is 6.20 Å². The minimum atomic E-state index is 0.493. The first-order chi connectivity index (χ1) is 24.7. The molecule has 0 amide bonds. The van der Waals surface area contributed by atoms with Crippen molar-refractivity contribution in [2.45, 2.75) is 6.54 Å². The number of hydrogen-bond donors (Lipinski definition) is 1. The minimum absolute atomic E-state index is 0.493. The number of nitrogens with two attached hydrogens (primary N) is 1. The summed E-state index contributed by atoms with van der Waals surface area (Å²) in [5.41, 5.74) is 18.3. The van der Waals surface area contributed by atoms with Gasteiger partial charge in [-0.25, -0.2) is 0 Å². The molecule has 8 rings (SSSR count). The molecule has 2 N–H and O–H groups in total. The van der Waals surface area contributed by atoms with E-state index in [4.69, 9.17) is 10.7 Å². The highest BCUT2D eigenvalue weighted by molar-refractivity contribution is 6.21. The third-order valence-corrected chi connectivity index (χ3v) is 9.22. The number of aromatic nitrogens is 1. The van der Waals surface area contributed by atoms with Crippen LogP contribution in [0.2, 0.25) is 0 Å². The van der Waals surface area contributed by atoms with Crippen molar-refractivity contribution in [3.8, 4) is 33.4 Å². The van der Waals surface area contributed by atoms with Crippen molar-refractivity contribution in [3.05, 3.63) is 205 Å². The Morgan fingerprint density at radius 2 is 1.04 bits per heavy atom. The lowest BCUT2D eigenvalue weighted by Gasteiger charge is -2.18. The normalized spacial score (nSPS) is 12.0. The Bertz CT molecular complexity index is 2420. The van der Waals surface area contributed by atoms with E-state index in [0.29, 0.717) is 12.2 Å². The first kappa shape index (κ1) is 30.7. The molecule has 0 radical (unpaired) electrons. The summed E-state index contributed by atoms with van der Waals surface area (Å²) in [6.07, 6.45) is 5.57. The third-order valence-electron chi connectivity index (χ3n) is 9.22. The Balaban J connectivity index is 1.18. The second-order valence-electron chi connectivity index (χ2n) is 12.4. The topological polar surface area (TPSA) is 51.3 Å². The van der Waals surface area contributed by atoms with Gasteiger partial charge < -0.3 is 5.73 Å². The SMILES string of the molecule is NC(=CC(=NCc1cccc(-c2c3ccccc3c(-c3ccccc3)c3ccccc23)c1)c1cccnc1)c1ccc(-c2ccccc2)cc1. The molecule has 1 aromatic heterocycles. The van der Waals surface area contributed by atoms with Crippen molar-refractivity contribution < 1.29 is 0 Å². The van der Waals surface area contributed by atoms with E-state index in [2.05, 4.69) is 157 Å². The maximum absolute atomic E-state index is 6.71. The highest BCUT2D eigenvalue weighted by Crippen LogP contribution is 2.43. The Hall–Kier alpha value is -6.58. The highest BCUT2D eigenvalue weighted by Gasteiger charge is 2.16.